The Kier molecular flexibility index (Phi) is 3.74. The lowest BCUT2D eigenvalue weighted by atomic mass is 10.1. The molecule has 0 spiro atoms. The van der Waals surface area contributed by atoms with Crippen LogP contribution in [-0.4, -0.2) is 4.98 Å². The molecule has 0 atom stereocenters. The molecule has 88 valence electrons. The molecule has 0 aliphatic rings. The zero-order chi connectivity index (χ0) is 12.3. The van der Waals surface area contributed by atoms with E-state index in [1.165, 1.54) is 11.6 Å². The molecule has 17 heavy (non-hydrogen) atoms. The molecule has 0 bridgehead atoms. The van der Waals surface area contributed by atoms with Gasteiger partial charge in [0.2, 0.25) is 0 Å². The van der Waals surface area contributed by atoms with Crippen molar-refractivity contribution in [2.24, 2.45) is 0 Å². The zero-order valence-corrected chi connectivity index (χ0v) is 11.0. The van der Waals surface area contributed by atoms with Gasteiger partial charge < -0.3 is 5.32 Å². The summed E-state index contributed by atoms with van der Waals surface area (Å²) < 4.78 is 13.8. The van der Waals surface area contributed by atoms with Gasteiger partial charge in [-0.1, -0.05) is 0 Å². The monoisotopic (exact) mass is 294 g/mol. The molecule has 0 aliphatic carbocycles. The van der Waals surface area contributed by atoms with Crippen LogP contribution in [0.4, 0.5) is 10.1 Å². The number of hydrogen-bond donors (Lipinski definition) is 1. The van der Waals surface area contributed by atoms with Gasteiger partial charge in [0.15, 0.2) is 0 Å². The number of rotatable bonds is 3. The highest BCUT2D eigenvalue weighted by Crippen LogP contribution is 2.20. The molecular weight excluding hydrogens is 283 g/mol. The maximum absolute atomic E-state index is 13.3. The molecule has 4 heteroatoms. The molecule has 1 heterocycles. The largest absolute Gasteiger partial charge is 0.381 e. The molecular formula is C13H12BrFN2. The standard InChI is InChI=1S/C13H12BrFN2/c1-9-4-5-16-7-10(9)8-17-11-2-3-12(14)13(15)6-11/h2-7,17H,8H2,1H3. The molecule has 2 aromatic rings. The van der Waals surface area contributed by atoms with E-state index >= 15 is 0 Å². The predicted molar refractivity (Wildman–Crippen MR) is 70.4 cm³/mol. The number of anilines is 1. The van der Waals surface area contributed by atoms with E-state index in [2.05, 4.69) is 26.2 Å². The summed E-state index contributed by atoms with van der Waals surface area (Å²) in [5.41, 5.74) is 3.04. The van der Waals surface area contributed by atoms with Crippen molar-refractivity contribution < 1.29 is 4.39 Å². The van der Waals surface area contributed by atoms with Crippen LogP contribution in [0, 0.1) is 12.7 Å². The molecule has 2 nitrogen and oxygen atoms in total. The van der Waals surface area contributed by atoms with Crippen molar-refractivity contribution in [3.8, 4) is 0 Å². The van der Waals surface area contributed by atoms with E-state index in [1.54, 1.807) is 12.3 Å². The second-order valence-corrected chi connectivity index (χ2v) is 4.64. The summed E-state index contributed by atoms with van der Waals surface area (Å²) >= 11 is 3.12. The van der Waals surface area contributed by atoms with Gasteiger partial charge in [-0.3, -0.25) is 4.98 Å². The van der Waals surface area contributed by atoms with Crippen molar-refractivity contribution in [3.05, 3.63) is 58.1 Å². The maximum atomic E-state index is 13.3. The fraction of sp³-hybridized carbons (Fsp3) is 0.154. The number of pyridine rings is 1. The second-order valence-electron chi connectivity index (χ2n) is 3.78. The van der Waals surface area contributed by atoms with Crippen molar-refractivity contribution in [2.75, 3.05) is 5.32 Å². The predicted octanol–water partition coefficient (Wildman–Crippen LogP) is 3.90. The lowest BCUT2D eigenvalue weighted by molar-refractivity contribution is 0.621. The maximum Gasteiger partial charge on any atom is 0.139 e. The number of aromatic nitrogens is 1. The van der Waals surface area contributed by atoms with Gasteiger partial charge in [-0.05, 0) is 58.2 Å². The Morgan fingerprint density at radius 3 is 2.88 bits per heavy atom. The summed E-state index contributed by atoms with van der Waals surface area (Å²) in [4.78, 5) is 4.07. The van der Waals surface area contributed by atoms with Gasteiger partial charge in [-0.2, -0.15) is 0 Å². The van der Waals surface area contributed by atoms with Crippen LogP contribution in [-0.2, 0) is 6.54 Å². The second kappa shape index (κ2) is 5.27. The molecule has 2 rings (SSSR count). The van der Waals surface area contributed by atoms with Crippen LogP contribution in [0.3, 0.4) is 0 Å². The Morgan fingerprint density at radius 2 is 2.18 bits per heavy atom. The molecule has 0 fully saturated rings. The van der Waals surface area contributed by atoms with Gasteiger partial charge >= 0.3 is 0 Å². The van der Waals surface area contributed by atoms with Crippen LogP contribution in [0.5, 0.6) is 0 Å². The van der Waals surface area contributed by atoms with E-state index in [4.69, 9.17) is 0 Å². The third-order valence-electron chi connectivity index (χ3n) is 2.55. The number of nitrogens with one attached hydrogen (secondary N) is 1. The topological polar surface area (TPSA) is 24.9 Å². The highest BCUT2D eigenvalue weighted by Gasteiger charge is 2.01. The third kappa shape index (κ3) is 3.03. The van der Waals surface area contributed by atoms with E-state index in [0.29, 0.717) is 11.0 Å². The van der Waals surface area contributed by atoms with Crippen LogP contribution < -0.4 is 5.32 Å². The summed E-state index contributed by atoms with van der Waals surface area (Å²) in [6.07, 6.45) is 3.58. The lowest BCUT2D eigenvalue weighted by Gasteiger charge is -2.08. The highest BCUT2D eigenvalue weighted by atomic mass is 79.9. The minimum absolute atomic E-state index is 0.266. The Labute approximate surface area is 108 Å². The first-order chi connectivity index (χ1) is 8.16. The van der Waals surface area contributed by atoms with E-state index in [1.807, 2.05) is 25.3 Å². The molecule has 1 N–H and O–H groups in total. The minimum Gasteiger partial charge on any atom is -0.381 e. The Bertz CT molecular complexity index is 529. The van der Waals surface area contributed by atoms with Crippen molar-refractivity contribution in [1.82, 2.24) is 4.98 Å². The average molecular weight is 295 g/mol. The highest BCUT2D eigenvalue weighted by molar-refractivity contribution is 9.10. The quantitative estimate of drug-likeness (QED) is 0.928. The van der Waals surface area contributed by atoms with Gasteiger partial charge in [-0.15, -0.1) is 0 Å². The summed E-state index contributed by atoms with van der Waals surface area (Å²) in [6, 6.07) is 6.95. The van der Waals surface area contributed by atoms with E-state index < -0.39 is 0 Å². The first-order valence-electron chi connectivity index (χ1n) is 5.25. The summed E-state index contributed by atoms with van der Waals surface area (Å²) in [5.74, 6) is -0.266. The normalized spacial score (nSPS) is 10.3. The Balaban J connectivity index is 2.08. The van der Waals surface area contributed by atoms with Crippen LogP contribution in [0.2, 0.25) is 0 Å². The summed E-state index contributed by atoms with van der Waals surface area (Å²) in [7, 11) is 0. The SMILES string of the molecule is Cc1ccncc1CNc1ccc(Br)c(F)c1. The van der Waals surface area contributed by atoms with Gasteiger partial charge in [0, 0.05) is 24.6 Å². The van der Waals surface area contributed by atoms with Crippen LogP contribution >= 0.6 is 15.9 Å². The van der Waals surface area contributed by atoms with Crippen molar-refractivity contribution >= 4 is 21.6 Å². The van der Waals surface area contributed by atoms with Gasteiger partial charge in [0.1, 0.15) is 5.82 Å². The van der Waals surface area contributed by atoms with Gasteiger partial charge in [0.25, 0.3) is 0 Å². The lowest BCUT2D eigenvalue weighted by Crippen LogP contribution is -2.02. The van der Waals surface area contributed by atoms with Gasteiger partial charge in [-0.25, -0.2) is 4.39 Å². The van der Waals surface area contributed by atoms with E-state index in [-0.39, 0.29) is 5.82 Å². The summed E-state index contributed by atoms with van der Waals surface area (Å²) in [6.45, 7) is 2.67. The van der Waals surface area contributed by atoms with Crippen molar-refractivity contribution in [3.63, 3.8) is 0 Å². The van der Waals surface area contributed by atoms with E-state index in [0.717, 1.165) is 11.3 Å². The van der Waals surface area contributed by atoms with Crippen molar-refractivity contribution in [2.45, 2.75) is 13.5 Å². The molecule has 1 aromatic carbocycles. The van der Waals surface area contributed by atoms with E-state index in [9.17, 15) is 4.39 Å². The molecule has 0 amide bonds. The minimum atomic E-state index is -0.266. The Hall–Kier alpha value is -1.42. The van der Waals surface area contributed by atoms with Crippen LogP contribution in [0.15, 0.2) is 41.1 Å². The number of halogens is 2. The third-order valence-corrected chi connectivity index (χ3v) is 3.19. The number of benzene rings is 1. The average Bonchev–Trinajstić information content (AvgIpc) is 2.32. The fourth-order valence-electron chi connectivity index (χ4n) is 1.49. The van der Waals surface area contributed by atoms with Gasteiger partial charge in [0.05, 0.1) is 4.47 Å². The van der Waals surface area contributed by atoms with Crippen LogP contribution in [0.25, 0.3) is 0 Å². The molecule has 0 unspecified atom stereocenters. The zero-order valence-electron chi connectivity index (χ0n) is 9.37. The molecule has 0 radical (unpaired) electrons. The summed E-state index contributed by atoms with van der Waals surface area (Å²) in [5, 5.41) is 3.17. The molecule has 0 aliphatic heterocycles. The Morgan fingerprint density at radius 1 is 1.35 bits per heavy atom. The number of hydrogen-bond acceptors (Lipinski definition) is 2. The molecule has 0 saturated heterocycles. The van der Waals surface area contributed by atoms with Crippen molar-refractivity contribution in [1.29, 1.82) is 0 Å². The first kappa shape index (κ1) is 12.0. The molecule has 0 saturated carbocycles. The fourth-order valence-corrected chi connectivity index (χ4v) is 1.73. The number of nitrogens with zero attached hydrogens (tertiary/aromatic N) is 1. The van der Waals surface area contributed by atoms with Crippen LogP contribution in [0.1, 0.15) is 11.1 Å². The number of aryl methyl sites for hydroxylation is 1. The first-order valence-corrected chi connectivity index (χ1v) is 6.04. The smallest absolute Gasteiger partial charge is 0.139 e. The molecule has 1 aromatic heterocycles.